The minimum atomic E-state index is -0.508. The molecule has 182 valence electrons. The average molecular weight is 503 g/mol. The van der Waals surface area contributed by atoms with E-state index in [1.165, 1.54) is 4.90 Å². The number of halogens is 1. The second-order valence-electron chi connectivity index (χ2n) is 9.64. The molecular weight excluding hydrogens is 478 g/mol. The van der Waals surface area contributed by atoms with Gasteiger partial charge in [0.2, 0.25) is 5.88 Å². The number of carbonyl (C=O) groups is 1. The first-order valence-corrected chi connectivity index (χ1v) is 12.4. The van der Waals surface area contributed by atoms with Gasteiger partial charge in [-0.25, -0.2) is 0 Å². The molecule has 2 N–H and O–H groups in total. The van der Waals surface area contributed by atoms with Gasteiger partial charge in [0.15, 0.2) is 12.4 Å². The quantitative estimate of drug-likeness (QED) is 0.416. The zero-order valence-electron chi connectivity index (χ0n) is 19.5. The van der Waals surface area contributed by atoms with Crippen LogP contribution in [0.5, 0.6) is 5.88 Å². The smallest absolute Gasteiger partial charge is 0.295 e. The van der Waals surface area contributed by atoms with E-state index in [0.29, 0.717) is 29.1 Å². The molecule has 2 aliphatic heterocycles. The summed E-state index contributed by atoms with van der Waals surface area (Å²) in [6.45, 7) is 3.07. The van der Waals surface area contributed by atoms with E-state index in [0.717, 1.165) is 42.7 Å². The van der Waals surface area contributed by atoms with Crippen LogP contribution in [0.4, 0.5) is 5.69 Å². The Kier molecular flexibility index (Phi) is 5.70. The number of amides is 1. The molecule has 0 saturated carbocycles. The standard InChI is InChI=1S/C27H24ClN5O3/c28-20-10-8-18(9-11-20)26(35)30-29-25-21-4-1-2-5-23(21)33(27(25)36)16-31-13-17-12-19(15-31)22-6-3-7-24(34)32(22)14-17/h1-11,17,19,36H,12-16H2/p+1/t17-,19+/m1/s1. The molecule has 3 atom stereocenters. The zero-order chi connectivity index (χ0) is 24.8. The highest BCUT2D eigenvalue weighted by Gasteiger charge is 2.37. The van der Waals surface area contributed by atoms with E-state index in [1.807, 2.05) is 39.5 Å². The van der Waals surface area contributed by atoms with Gasteiger partial charge in [-0.1, -0.05) is 35.9 Å². The number of hydrogen-bond donors (Lipinski definition) is 2. The van der Waals surface area contributed by atoms with Crippen molar-refractivity contribution in [3.05, 3.63) is 93.4 Å². The largest absolute Gasteiger partial charge is 0.493 e. The van der Waals surface area contributed by atoms with Crippen LogP contribution in [0.15, 0.2) is 81.8 Å². The van der Waals surface area contributed by atoms with Crippen molar-refractivity contribution in [2.75, 3.05) is 13.1 Å². The third-order valence-electron chi connectivity index (χ3n) is 7.30. The molecule has 36 heavy (non-hydrogen) atoms. The maximum Gasteiger partial charge on any atom is 0.295 e. The van der Waals surface area contributed by atoms with E-state index in [1.54, 1.807) is 30.3 Å². The van der Waals surface area contributed by atoms with Gasteiger partial charge in [-0.15, -0.1) is 10.2 Å². The summed E-state index contributed by atoms with van der Waals surface area (Å²) in [5.74, 6) is 0.197. The fourth-order valence-electron chi connectivity index (χ4n) is 5.75. The molecule has 2 aliphatic rings. The van der Waals surface area contributed by atoms with E-state index >= 15 is 0 Å². The van der Waals surface area contributed by atoms with Crippen molar-refractivity contribution >= 4 is 34.1 Å². The summed E-state index contributed by atoms with van der Waals surface area (Å²) < 4.78 is 3.78. The van der Waals surface area contributed by atoms with Gasteiger partial charge in [-0.3, -0.25) is 14.2 Å². The van der Waals surface area contributed by atoms with Gasteiger partial charge < -0.3 is 14.6 Å². The summed E-state index contributed by atoms with van der Waals surface area (Å²) >= 11 is 5.90. The van der Waals surface area contributed by atoms with Gasteiger partial charge in [0.25, 0.3) is 11.5 Å². The number of rotatable bonds is 4. The molecular formula is C27H25ClN5O3+. The van der Waals surface area contributed by atoms with Gasteiger partial charge in [0.1, 0.15) is 0 Å². The number of piperidine rings is 1. The summed E-state index contributed by atoms with van der Waals surface area (Å²) in [6.07, 6.45) is 1.08. The van der Waals surface area contributed by atoms with Crippen LogP contribution < -0.4 is 10.5 Å². The van der Waals surface area contributed by atoms with Crippen LogP contribution in [0.3, 0.4) is 0 Å². The number of azo groups is 1. The van der Waals surface area contributed by atoms with E-state index in [9.17, 15) is 14.7 Å². The average Bonchev–Trinajstić information content (AvgIpc) is 3.14. The van der Waals surface area contributed by atoms with E-state index < -0.39 is 5.91 Å². The van der Waals surface area contributed by atoms with Gasteiger partial charge in [0, 0.05) is 46.1 Å². The highest BCUT2D eigenvalue weighted by Crippen LogP contribution is 2.38. The summed E-state index contributed by atoms with van der Waals surface area (Å²) in [5, 5.41) is 20.5. The second-order valence-corrected chi connectivity index (χ2v) is 10.1. The van der Waals surface area contributed by atoms with Crippen molar-refractivity contribution in [1.29, 1.82) is 0 Å². The first-order valence-electron chi connectivity index (χ1n) is 12.0. The minimum Gasteiger partial charge on any atom is -0.493 e. The maximum absolute atomic E-state index is 12.5. The number of pyridine rings is 1. The highest BCUT2D eigenvalue weighted by molar-refractivity contribution is 6.30. The topological polar surface area (TPSA) is 93.4 Å². The number of quaternary nitrogens is 1. The Labute approximate surface area is 212 Å². The Bertz CT molecular complexity index is 1560. The van der Waals surface area contributed by atoms with Crippen molar-refractivity contribution in [3.8, 4) is 5.88 Å². The van der Waals surface area contributed by atoms with Gasteiger partial charge in [0.05, 0.1) is 18.6 Å². The summed E-state index contributed by atoms with van der Waals surface area (Å²) in [4.78, 5) is 26.2. The molecule has 1 fully saturated rings. The molecule has 9 heteroatoms. The molecule has 0 aliphatic carbocycles. The lowest BCUT2D eigenvalue weighted by Gasteiger charge is -2.40. The molecule has 2 bridgehead atoms. The number of hydrogen-bond acceptors (Lipinski definition) is 4. The molecule has 0 spiro atoms. The fraction of sp³-hybridized carbons (Fsp3) is 0.259. The van der Waals surface area contributed by atoms with Gasteiger partial charge >= 0.3 is 0 Å². The lowest BCUT2D eigenvalue weighted by atomic mass is 9.83. The summed E-state index contributed by atoms with van der Waals surface area (Å²) in [5.41, 5.74) is 2.66. The Morgan fingerprint density at radius 1 is 1.06 bits per heavy atom. The SMILES string of the molecule is O=C(N=Nc1c(O)n(C[NH+]2C[C@H]3C[C@@H](C2)c2cccc(=O)n2C3)c2ccccc12)c1ccc(Cl)cc1. The van der Waals surface area contributed by atoms with Crippen LogP contribution >= 0.6 is 11.6 Å². The van der Waals surface area contributed by atoms with Crippen molar-refractivity contribution in [2.24, 2.45) is 16.1 Å². The number of fused-ring (bicyclic) bond motifs is 5. The van der Waals surface area contributed by atoms with E-state index in [2.05, 4.69) is 16.3 Å². The molecule has 8 nitrogen and oxygen atoms in total. The van der Waals surface area contributed by atoms with Crippen molar-refractivity contribution in [3.63, 3.8) is 0 Å². The molecule has 1 unspecified atom stereocenters. The van der Waals surface area contributed by atoms with E-state index in [4.69, 9.17) is 11.6 Å². The minimum absolute atomic E-state index is 0.0105. The zero-order valence-corrected chi connectivity index (χ0v) is 20.2. The lowest BCUT2D eigenvalue weighted by molar-refractivity contribution is -0.932. The van der Waals surface area contributed by atoms with Crippen LogP contribution in [0.1, 0.15) is 28.4 Å². The van der Waals surface area contributed by atoms with Gasteiger partial charge in [-0.2, -0.15) is 0 Å². The highest BCUT2D eigenvalue weighted by atomic mass is 35.5. The van der Waals surface area contributed by atoms with Crippen molar-refractivity contribution < 1.29 is 14.8 Å². The molecule has 1 amide bonds. The number of benzene rings is 2. The first kappa shape index (κ1) is 22.7. The summed E-state index contributed by atoms with van der Waals surface area (Å²) in [6, 6.07) is 19.6. The Morgan fingerprint density at radius 3 is 2.69 bits per heavy atom. The number of likely N-dealkylation sites (tertiary alicyclic amines) is 1. The Morgan fingerprint density at radius 2 is 1.86 bits per heavy atom. The first-order chi connectivity index (χ1) is 17.5. The third-order valence-corrected chi connectivity index (χ3v) is 7.56. The molecule has 4 aromatic rings. The number of carbonyl (C=O) groups excluding carboxylic acids is 1. The number of aromatic hydroxyl groups is 1. The number of para-hydroxylation sites is 1. The van der Waals surface area contributed by atoms with Crippen molar-refractivity contribution in [2.45, 2.75) is 25.6 Å². The number of aromatic nitrogens is 2. The summed E-state index contributed by atoms with van der Waals surface area (Å²) in [7, 11) is 0. The molecule has 2 aromatic heterocycles. The molecule has 0 radical (unpaired) electrons. The molecule has 2 aromatic carbocycles. The third kappa shape index (κ3) is 4.02. The number of nitrogens with zero attached hydrogens (tertiary/aromatic N) is 4. The fourth-order valence-corrected chi connectivity index (χ4v) is 5.87. The van der Waals surface area contributed by atoms with Crippen LogP contribution in [-0.2, 0) is 13.2 Å². The Hall–Kier alpha value is -3.75. The number of nitrogens with one attached hydrogen (secondary N) is 1. The monoisotopic (exact) mass is 502 g/mol. The van der Waals surface area contributed by atoms with Gasteiger partial charge in [-0.05, 0) is 42.8 Å². The Balaban J connectivity index is 1.29. The van der Waals surface area contributed by atoms with Crippen molar-refractivity contribution in [1.82, 2.24) is 9.13 Å². The molecule has 6 rings (SSSR count). The maximum atomic E-state index is 12.5. The van der Waals surface area contributed by atoms with Crippen LogP contribution in [0, 0.1) is 5.92 Å². The van der Waals surface area contributed by atoms with Crippen LogP contribution in [0.25, 0.3) is 10.9 Å². The second kappa shape index (κ2) is 9.04. The van der Waals surface area contributed by atoms with Crippen LogP contribution in [-0.4, -0.2) is 33.2 Å². The normalized spacial score (nSPS) is 21.1. The predicted molar refractivity (Wildman–Crippen MR) is 136 cm³/mol. The lowest BCUT2D eigenvalue weighted by Crippen LogP contribution is -3.13. The molecule has 1 saturated heterocycles. The van der Waals surface area contributed by atoms with Crippen LogP contribution in [0.2, 0.25) is 5.02 Å². The van der Waals surface area contributed by atoms with E-state index in [-0.39, 0.29) is 17.1 Å². The molecule has 4 heterocycles. The predicted octanol–water partition coefficient (Wildman–Crippen LogP) is 3.75.